The molecule has 1 unspecified atom stereocenters. The van der Waals surface area contributed by atoms with Gasteiger partial charge in [-0.05, 0) is 57.6 Å². The minimum absolute atomic E-state index is 0.164. The van der Waals surface area contributed by atoms with Crippen molar-refractivity contribution in [3.8, 4) is 0 Å². The normalized spacial score (nSPS) is 24.6. The maximum absolute atomic E-state index is 13.3. The van der Waals surface area contributed by atoms with Gasteiger partial charge in [0.1, 0.15) is 10.6 Å². The molecular formula is C17H27N7O3S. The van der Waals surface area contributed by atoms with Crippen LogP contribution in [0, 0.1) is 13.8 Å². The molecule has 11 heteroatoms. The SMILES string of the molecule is Cc1noc(C)c1S(=O)(=O)N1CCC(c2nnnn2C2CCCC2)(N(C)C)C1. The van der Waals surface area contributed by atoms with Gasteiger partial charge in [0.25, 0.3) is 0 Å². The van der Waals surface area contributed by atoms with Crippen molar-refractivity contribution >= 4 is 10.0 Å². The number of sulfonamides is 1. The van der Waals surface area contributed by atoms with E-state index in [-0.39, 0.29) is 10.9 Å². The van der Waals surface area contributed by atoms with E-state index in [0.29, 0.717) is 31.0 Å². The molecule has 1 aliphatic carbocycles. The summed E-state index contributed by atoms with van der Waals surface area (Å²) < 4.78 is 35.1. The first-order chi connectivity index (χ1) is 13.3. The monoisotopic (exact) mass is 409 g/mol. The molecule has 1 atom stereocenters. The summed E-state index contributed by atoms with van der Waals surface area (Å²) >= 11 is 0. The Balaban J connectivity index is 1.71. The van der Waals surface area contributed by atoms with Gasteiger partial charge in [0.05, 0.1) is 11.6 Å². The third kappa shape index (κ3) is 2.87. The summed E-state index contributed by atoms with van der Waals surface area (Å²) in [6.07, 6.45) is 5.08. The Bertz CT molecular complexity index is 942. The average molecular weight is 410 g/mol. The van der Waals surface area contributed by atoms with Crippen molar-refractivity contribution in [2.45, 2.75) is 62.4 Å². The Morgan fingerprint density at radius 2 is 1.93 bits per heavy atom. The Morgan fingerprint density at radius 3 is 2.54 bits per heavy atom. The Kier molecular flexibility index (Phi) is 4.79. The first-order valence-electron chi connectivity index (χ1n) is 9.66. The third-order valence-electron chi connectivity index (χ3n) is 6.21. The second kappa shape index (κ2) is 6.89. The quantitative estimate of drug-likeness (QED) is 0.725. The first-order valence-corrected chi connectivity index (χ1v) is 11.1. The largest absolute Gasteiger partial charge is 0.360 e. The summed E-state index contributed by atoms with van der Waals surface area (Å²) in [6, 6.07) is 0.287. The van der Waals surface area contributed by atoms with Crippen LogP contribution in [-0.2, 0) is 15.6 Å². The van der Waals surface area contributed by atoms with Crippen molar-refractivity contribution in [3.05, 3.63) is 17.3 Å². The fourth-order valence-corrected chi connectivity index (χ4v) is 6.36. The molecule has 0 radical (unpaired) electrons. The van der Waals surface area contributed by atoms with E-state index in [1.807, 2.05) is 23.7 Å². The van der Waals surface area contributed by atoms with Crippen molar-refractivity contribution in [1.29, 1.82) is 0 Å². The molecule has 3 heterocycles. The van der Waals surface area contributed by atoms with Gasteiger partial charge in [-0.15, -0.1) is 5.10 Å². The number of likely N-dealkylation sites (N-methyl/N-ethyl adjacent to an activating group) is 1. The molecule has 28 heavy (non-hydrogen) atoms. The van der Waals surface area contributed by atoms with Crippen LogP contribution in [0.3, 0.4) is 0 Å². The van der Waals surface area contributed by atoms with Crippen molar-refractivity contribution in [3.63, 3.8) is 0 Å². The highest BCUT2D eigenvalue weighted by Crippen LogP contribution is 2.40. The molecule has 1 saturated carbocycles. The molecule has 0 spiro atoms. The summed E-state index contributed by atoms with van der Waals surface area (Å²) in [5.41, 5.74) is -0.186. The average Bonchev–Trinajstić information content (AvgIpc) is 3.41. The molecule has 2 aromatic rings. The van der Waals surface area contributed by atoms with E-state index < -0.39 is 15.6 Å². The zero-order valence-corrected chi connectivity index (χ0v) is 17.6. The summed E-state index contributed by atoms with van der Waals surface area (Å²) in [7, 11) is 0.204. The van der Waals surface area contributed by atoms with Crippen LogP contribution in [0.4, 0.5) is 0 Å². The van der Waals surface area contributed by atoms with Crippen LogP contribution in [0.5, 0.6) is 0 Å². The number of aromatic nitrogens is 5. The first kappa shape index (κ1) is 19.5. The molecule has 0 N–H and O–H groups in total. The second-order valence-corrected chi connectivity index (χ2v) is 9.93. The molecule has 10 nitrogen and oxygen atoms in total. The van der Waals surface area contributed by atoms with Crippen molar-refractivity contribution < 1.29 is 12.9 Å². The van der Waals surface area contributed by atoms with E-state index in [2.05, 4.69) is 20.7 Å². The lowest BCUT2D eigenvalue weighted by Crippen LogP contribution is -2.47. The van der Waals surface area contributed by atoms with Crippen LogP contribution in [0.2, 0.25) is 0 Å². The topological polar surface area (TPSA) is 110 Å². The summed E-state index contributed by atoms with van der Waals surface area (Å²) in [6.45, 7) is 3.96. The van der Waals surface area contributed by atoms with Gasteiger partial charge >= 0.3 is 0 Å². The van der Waals surface area contributed by atoms with Gasteiger partial charge in [-0.1, -0.05) is 18.0 Å². The van der Waals surface area contributed by atoms with Crippen LogP contribution in [0.25, 0.3) is 0 Å². The zero-order chi connectivity index (χ0) is 20.1. The number of hydrogen-bond donors (Lipinski definition) is 0. The second-order valence-electron chi connectivity index (χ2n) is 8.05. The number of rotatable bonds is 5. The van der Waals surface area contributed by atoms with Crippen molar-refractivity contribution in [1.82, 2.24) is 34.6 Å². The maximum atomic E-state index is 13.3. The number of nitrogens with zero attached hydrogens (tertiary/aromatic N) is 7. The Morgan fingerprint density at radius 1 is 1.21 bits per heavy atom. The van der Waals surface area contributed by atoms with Crippen LogP contribution in [-0.4, -0.2) is 70.2 Å². The molecule has 2 aliphatic rings. The highest BCUT2D eigenvalue weighted by molar-refractivity contribution is 7.89. The van der Waals surface area contributed by atoms with Gasteiger partial charge in [-0.25, -0.2) is 13.1 Å². The van der Waals surface area contributed by atoms with Gasteiger partial charge in [0.15, 0.2) is 11.6 Å². The molecule has 154 valence electrons. The lowest BCUT2D eigenvalue weighted by Gasteiger charge is -2.35. The third-order valence-corrected chi connectivity index (χ3v) is 8.30. The van der Waals surface area contributed by atoms with Crippen molar-refractivity contribution in [2.75, 3.05) is 27.2 Å². The lowest BCUT2D eigenvalue weighted by molar-refractivity contribution is 0.144. The molecule has 1 aliphatic heterocycles. The van der Waals surface area contributed by atoms with Gasteiger partial charge in [-0.3, -0.25) is 4.90 Å². The standard InChI is InChI=1S/C17H27N7O3S/c1-12-15(13(2)27-19-12)28(25,26)23-10-9-17(11-23,22(3)4)16-18-20-21-24(16)14-7-5-6-8-14/h14H,5-11H2,1-4H3. The summed E-state index contributed by atoms with van der Waals surface area (Å²) in [5.74, 6) is 1.07. The molecule has 0 bridgehead atoms. The molecule has 2 aromatic heterocycles. The van der Waals surface area contributed by atoms with Crippen LogP contribution in [0.15, 0.2) is 9.42 Å². The van der Waals surface area contributed by atoms with Gasteiger partial charge in [-0.2, -0.15) is 4.31 Å². The smallest absolute Gasteiger partial charge is 0.248 e. The van der Waals surface area contributed by atoms with E-state index in [0.717, 1.165) is 18.7 Å². The maximum Gasteiger partial charge on any atom is 0.248 e. The predicted molar refractivity (Wildman–Crippen MR) is 100 cm³/mol. The molecule has 1 saturated heterocycles. The summed E-state index contributed by atoms with van der Waals surface area (Å²) in [4.78, 5) is 2.21. The lowest BCUT2D eigenvalue weighted by atomic mass is 9.95. The van der Waals surface area contributed by atoms with E-state index >= 15 is 0 Å². The molecule has 2 fully saturated rings. The fourth-order valence-electron chi connectivity index (χ4n) is 4.58. The van der Waals surface area contributed by atoms with Gasteiger partial charge in [0.2, 0.25) is 10.0 Å². The summed E-state index contributed by atoms with van der Waals surface area (Å²) in [5, 5.41) is 16.4. The van der Waals surface area contributed by atoms with E-state index in [1.54, 1.807) is 13.8 Å². The minimum Gasteiger partial charge on any atom is -0.360 e. The molecule has 0 aromatic carbocycles. The van der Waals surface area contributed by atoms with E-state index in [9.17, 15) is 8.42 Å². The number of hydrogen-bond acceptors (Lipinski definition) is 8. The van der Waals surface area contributed by atoms with Crippen LogP contribution >= 0.6 is 0 Å². The zero-order valence-electron chi connectivity index (χ0n) is 16.8. The van der Waals surface area contributed by atoms with Crippen LogP contribution in [0.1, 0.15) is 55.4 Å². The molecule has 4 rings (SSSR count). The molecule has 0 amide bonds. The highest BCUT2D eigenvalue weighted by Gasteiger charge is 2.50. The highest BCUT2D eigenvalue weighted by atomic mass is 32.2. The van der Waals surface area contributed by atoms with Gasteiger partial charge in [0, 0.05) is 13.1 Å². The minimum atomic E-state index is -3.71. The van der Waals surface area contributed by atoms with Crippen LogP contribution < -0.4 is 0 Å². The van der Waals surface area contributed by atoms with E-state index in [1.165, 1.54) is 17.1 Å². The van der Waals surface area contributed by atoms with Gasteiger partial charge < -0.3 is 4.52 Å². The predicted octanol–water partition coefficient (Wildman–Crippen LogP) is 1.24. The van der Waals surface area contributed by atoms with E-state index in [4.69, 9.17) is 4.52 Å². The fraction of sp³-hybridized carbons (Fsp3) is 0.765. The van der Waals surface area contributed by atoms with Crippen molar-refractivity contribution in [2.24, 2.45) is 0 Å². The number of aryl methyl sites for hydroxylation is 2. The Labute approximate surface area is 164 Å². The Hall–Kier alpha value is -1.85. The molecular weight excluding hydrogens is 382 g/mol. The number of tetrazole rings is 1.